The maximum absolute atomic E-state index is 11.8. The second-order valence-electron chi connectivity index (χ2n) is 3.94. The normalized spacial score (nSPS) is 19.8. The van der Waals surface area contributed by atoms with Gasteiger partial charge in [-0.3, -0.25) is 4.79 Å². The number of anilines is 1. The largest absolute Gasteiger partial charge is 0.480 e. The Kier molecular flexibility index (Phi) is 3.63. The maximum Gasteiger partial charge on any atom is 0.227 e. The lowest BCUT2D eigenvalue weighted by atomic mass is 10.1. The van der Waals surface area contributed by atoms with Gasteiger partial charge >= 0.3 is 0 Å². The minimum Gasteiger partial charge on any atom is -0.480 e. The number of aliphatic hydroxyl groups excluding tert-OH is 1. The van der Waals surface area contributed by atoms with Crippen LogP contribution in [0.2, 0.25) is 0 Å². The summed E-state index contributed by atoms with van der Waals surface area (Å²) < 4.78 is 5.74. The van der Waals surface area contributed by atoms with Crippen LogP contribution in [-0.4, -0.2) is 36.3 Å². The zero-order valence-corrected chi connectivity index (χ0v) is 11.0. The number of hydrogen-bond donors (Lipinski definition) is 1. The van der Waals surface area contributed by atoms with E-state index >= 15 is 0 Å². The average molecular weight is 301 g/mol. The summed E-state index contributed by atoms with van der Waals surface area (Å²) in [5.41, 5.74) is 0.721. The molecule has 1 N–H and O–H groups in total. The number of amides is 1. The van der Waals surface area contributed by atoms with Crippen LogP contribution in [0.15, 0.2) is 16.7 Å². The van der Waals surface area contributed by atoms with Crippen molar-refractivity contribution in [2.75, 3.05) is 25.2 Å². The number of pyridine rings is 1. The fourth-order valence-electron chi connectivity index (χ4n) is 1.87. The molecule has 0 aliphatic carbocycles. The van der Waals surface area contributed by atoms with E-state index in [-0.39, 0.29) is 18.4 Å². The van der Waals surface area contributed by atoms with Gasteiger partial charge in [0.05, 0.1) is 23.5 Å². The molecule has 6 heteroatoms. The van der Waals surface area contributed by atoms with Gasteiger partial charge in [0, 0.05) is 25.5 Å². The molecule has 5 nitrogen and oxygen atoms in total. The summed E-state index contributed by atoms with van der Waals surface area (Å²) in [7, 11) is 1.54. The van der Waals surface area contributed by atoms with Gasteiger partial charge in [-0.05, 0) is 22.0 Å². The highest BCUT2D eigenvalue weighted by Gasteiger charge is 2.30. The van der Waals surface area contributed by atoms with Crippen molar-refractivity contribution < 1.29 is 14.6 Å². The number of carbonyl (C=O) groups excluding carboxylic acids is 1. The van der Waals surface area contributed by atoms with Crippen LogP contribution in [-0.2, 0) is 4.79 Å². The maximum atomic E-state index is 11.8. The van der Waals surface area contributed by atoms with Crippen molar-refractivity contribution in [1.29, 1.82) is 0 Å². The molecule has 1 fully saturated rings. The van der Waals surface area contributed by atoms with Crippen LogP contribution in [0.25, 0.3) is 0 Å². The topological polar surface area (TPSA) is 62.7 Å². The number of aliphatic hydroxyl groups is 1. The van der Waals surface area contributed by atoms with Crippen LogP contribution in [0, 0.1) is 5.92 Å². The highest BCUT2D eigenvalue weighted by molar-refractivity contribution is 9.10. The Morgan fingerprint density at radius 2 is 2.47 bits per heavy atom. The molecular weight excluding hydrogens is 288 g/mol. The van der Waals surface area contributed by atoms with Crippen LogP contribution in [0.4, 0.5) is 5.69 Å². The van der Waals surface area contributed by atoms with Gasteiger partial charge in [-0.25, -0.2) is 4.98 Å². The first kappa shape index (κ1) is 12.3. The molecule has 1 amide bonds. The first-order valence-electron chi connectivity index (χ1n) is 5.26. The van der Waals surface area contributed by atoms with Gasteiger partial charge < -0.3 is 14.7 Å². The number of halogens is 1. The lowest BCUT2D eigenvalue weighted by Gasteiger charge is -2.16. The lowest BCUT2D eigenvalue weighted by molar-refractivity contribution is -0.117. The summed E-state index contributed by atoms with van der Waals surface area (Å²) in [5.74, 6) is 0.519. The lowest BCUT2D eigenvalue weighted by Crippen LogP contribution is -2.25. The molecule has 17 heavy (non-hydrogen) atoms. The molecule has 0 bridgehead atoms. The molecule has 1 atom stereocenters. The molecule has 1 unspecified atom stereocenters. The first-order chi connectivity index (χ1) is 8.15. The molecule has 0 saturated carbocycles. The number of methoxy groups -OCH3 is 1. The van der Waals surface area contributed by atoms with Gasteiger partial charge in [-0.15, -0.1) is 0 Å². The fraction of sp³-hybridized carbons (Fsp3) is 0.455. The predicted octanol–water partition coefficient (Wildman–Crippen LogP) is 1.20. The Hall–Kier alpha value is -1.14. The molecule has 0 spiro atoms. The van der Waals surface area contributed by atoms with E-state index in [0.29, 0.717) is 23.3 Å². The monoisotopic (exact) mass is 300 g/mol. The van der Waals surface area contributed by atoms with Gasteiger partial charge in [0.25, 0.3) is 0 Å². The number of hydrogen-bond acceptors (Lipinski definition) is 4. The standard InChI is InChI=1S/C11H13BrN2O3/c1-17-11-9(12)3-8(4-13-11)14-5-7(6-15)2-10(14)16/h3-4,7,15H,2,5-6H2,1H3. The van der Waals surface area contributed by atoms with Gasteiger partial charge in [-0.2, -0.15) is 0 Å². The smallest absolute Gasteiger partial charge is 0.227 e. The van der Waals surface area contributed by atoms with Crippen molar-refractivity contribution in [3.8, 4) is 5.88 Å². The summed E-state index contributed by atoms with van der Waals surface area (Å²) in [4.78, 5) is 17.5. The zero-order valence-electron chi connectivity index (χ0n) is 9.39. The van der Waals surface area contributed by atoms with E-state index in [4.69, 9.17) is 9.84 Å². The Morgan fingerprint density at radius 1 is 1.71 bits per heavy atom. The Morgan fingerprint density at radius 3 is 3.00 bits per heavy atom. The highest BCUT2D eigenvalue weighted by atomic mass is 79.9. The molecule has 92 valence electrons. The van der Waals surface area contributed by atoms with E-state index in [1.165, 1.54) is 7.11 Å². The van der Waals surface area contributed by atoms with Gasteiger partial charge in [0.1, 0.15) is 0 Å². The van der Waals surface area contributed by atoms with E-state index in [0.717, 1.165) is 5.69 Å². The quantitative estimate of drug-likeness (QED) is 0.911. The molecule has 0 radical (unpaired) electrons. The van der Waals surface area contributed by atoms with Gasteiger partial charge in [0.15, 0.2) is 0 Å². The predicted molar refractivity (Wildman–Crippen MR) is 66.0 cm³/mol. The van der Waals surface area contributed by atoms with Crippen LogP contribution < -0.4 is 9.64 Å². The van der Waals surface area contributed by atoms with Crippen molar-refractivity contribution in [3.05, 3.63) is 16.7 Å². The fourth-order valence-corrected chi connectivity index (χ4v) is 2.37. The van der Waals surface area contributed by atoms with Crippen LogP contribution >= 0.6 is 15.9 Å². The molecule has 1 aliphatic heterocycles. The molecule has 1 aliphatic rings. The summed E-state index contributed by atoms with van der Waals surface area (Å²) in [6.45, 7) is 0.572. The second kappa shape index (κ2) is 5.01. The van der Waals surface area contributed by atoms with Crippen molar-refractivity contribution in [1.82, 2.24) is 4.98 Å². The Balaban J connectivity index is 2.23. The van der Waals surface area contributed by atoms with E-state index in [9.17, 15) is 4.79 Å². The third-order valence-electron chi connectivity index (χ3n) is 2.76. The SMILES string of the molecule is COc1ncc(N2CC(CO)CC2=O)cc1Br. The number of rotatable bonds is 3. The minimum absolute atomic E-state index is 0.0166. The van der Waals surface area contributed by atoms with Crippen LogP contribution in [0.3, 0.4) is 0 Å². The average Bonchev–Trinajstić information content (AvgIpc) is 2.70. The third kappa shape index (κ3) is 2.42. The number of carbonyl (C=O) groups is 1. The molecule has 1 saturated heterocycles. The third-order valence-corrected chi connectivity index (χ3v) is 3.33. The van der Waals surface area contributed by atoms with Crippen LogP contribution in [0.5, 0.6) is 5.88 Å². The summed E-state index contributed by atoms with van der Waals surface area (Å²) in [6.07, 6.45) is 1.99. The Bertz CT molecular complexity index is 439. The molecule has 2 heterocycles. The molecule has 1 aromatic heterocycles. The van der Waals surface area contributed by atoms with Crippen molar-refractivity contribution in [2.45, 2.75) is 6.42 Å². The van der Waals surface area contributed by atoms with Crippen molar-refractivity contribution >= 4 is 27.5 Å². The first-order valence-corrected chi connectivity index (χ1v) is 6.05. The van der Waals surface area contributed by atoms with Crippen LogP contribution in [0.1, 0.15) is 6.42 Å². The number of ether oxygens (including phenoxy) is 1. The zero-order chi connectivity index (χ0) is 12.4. The summed E-state index contributed by atoms with van der Waals surface area (Å²) in [6, 6.07) is 1.80. The molecule has 2 rings (SSSR count). The summed E-state index contributed by atoms with van der Waals surface area (Å²) >= 11 is 3.33. The van der Waals surface area contributed by atoms with Gasteiger partial charge in [0.2, 0.25) is 11.8 Å². The molecule has 1 aromatic rings. The van der Waals surface area contributed by atoms with E-state index in [1.807, 2.05) is 0 Å². The molecule has 0 aromatic carbocycles. The summed E-state index contributed by atoms with van der Waals surface area (Å²) in [5, 5.41) is 9.06. The van der Waals surface area contributed by atoms with E-state index in [1.54, 1.807) is 17.2 Å². The minimum atomic E-state index is 0.0166. The highest BCUT2D eigenvalue weighted by Crippen LogP contribution is 2.30. The number of aromatic nitrogens is 1. The van der Waals surface area contributed by atoms with E-state index < -0.39 is 0 Å². The van der Waals surface area contributed by atoms with Crippen molar-refractivity contribution in [2.24, 2.45) is 5.92 Å². The molecular formula is C11H13BrN2O3. The van der Waals surface area contributed by atoms with E-state index in [2.05, 4.69) is 20.9 Å². The second-order valence-corrected chi connectivity index (χ2v) is 4.80. The number of nitrogens with zero attached hydrogens (tertiary/aromatic N) is 2. The van der Waals surface area contributed by atoms with Crippen molar-refractivity contribution in [3.63, 3.8) is 0 Å². The van der Waals surface area contributed by atoms with Gasteiger partial charge in [-0.1, -0.05) is 0 Å². The Labute approximate surface area is 108 Å².